The molecule has 0 amide bonds. The lowest BCUT2D eigenvalue weighted by molar-refractivity contribution is 0.305. The number of aliphatic imine (C=N–C) groups is 2. The number of nitrogens with two attached hydrogens (primary N) is 2. The molecule has 0 atom stereocenters. The Bertz CT molecular complexity index is 804. The predicted octanol–water partition coefficient (Wildman–Crippen LogP) is 2.86. The number of nitrogens with zero attached hydrogens (tertiary/aromatic N) is 4. The fraction of sp³-hybridized carbons (Fsp3) is 0.316. The average molecular weight is 334 g/mol. The lowest BCUT2D eigenvalue weighted by atomic mass is 9.87. The van der Waals surface area contributed by atoms with Crippen LogP contribution in [-0.2, 0) is 0 Å². The number of hydrogen-bond donors (Lipinski definition) is 2. The molecular formula is C19H22N6. The smallest absolute Gasteiger partial charge is 0.220 e. The minimum absolute atomic E-state index is 0.278. The van der Waals surface area contributed by atoms with Crippen molar-refractivity contribution in [1.29, 1.82) is 0 Å². The van der Waals surface area contributed by atoms with Gasteiger partial charge in [-0.2, -0.15) is 4.99 Å². The molecule has 0 unspecified atom stereocenters. The summed E-state index contributed by atoms with van der Waals surface area (Å²) < 4.78 is 0. The van der Waals surface area contributed by atoms with Gasteiger partial charge in [0.2, 0.25) is 11.9 Å². The van der Waals surface area contributed by atoms with Crippen LogP contribution in [0.4, 0.5) is 5.69 Å². The minimum atomic E-state index is -0.402. The first-order valence-electron chi connectivity index (χ1n) is 8.69. The zero-order chi connectivity index (χ0) is 17.3. The first-order valence-corrected chi connectivity index (χ1v) is 8.69. The van der Waals surface area contributed by atoms with Gasteiger partial charge in [-0.3, -0.25) is 9.88 Å². The van der Waals surface area contributed by atoms with Crippen molar-refractivity contribution in [2.45, 2.75) is 37.8 Å². The van der Waals surface area contributed by atoms with Crippen molar-refractivity contribution in [1.82, 2.24) is 4.98 Å². The van der Waals surface area contributed by atoms with Gasteiger partial charge in [-0.15, -0.1) is 0 Å². The third-order valence-electron chi connectivity index (χ3n) is 4.94. The number of hydrogen-bond acceptors (Lipinski definition) is 6. The number of rotatable bonds is 2. The van der Waals surface area contributed by atoms with E-state index in [2.05, 4.69) is 34.2 Å². The second kappa shape index (κ2) is 6.20. The summed E-state index contributed by atoms with van der Waals surface area (Å²) in [7, 11) is 0. The second-order valence-corrected chi connectivity index (χ2v) is 6.58. The lowest BCUT2D eigenvalue weighted by Crippen LogP contribution is -2.58. The zero-order valence-corrected chi connectivity index (χ0v) is 14.1. The van der Waals surface area contributed by atoms with E-state index in [1.165, 1.54) is 6.42 Å². The fourth-order valence-corrected chi connectivity index (χ4v) is 3.81. The molecule has 1 aromatic heterocycles. The second-order valence-electron chi connectivity index (χ2n) is 6.58. The minimum Gasteiger partial charge on any atom is -0.369 e. The van der Waals surface area contributed by atoms with Crippen LogP contribution in [0.1, 0.15) is 32.1 Å². The number of aromatic nitrogens is 1. The van der Waals surface area contributed by atoms with E-state index < -0.39 is 5.66 Å². The molecule has 4 rings (SSSR count). The summed E-state index contributed by atoms with van der Waals surface area (Å²) in [5, 5.41) is 0. The highest BCUT2D eigenvalue weighted by Crippen LogP contribution is 2.39. The normalized spacial score (nSPS) is 19.4. The molecule has 1 spiro atoms. The molecule has 6 nitrogen and oxygen atoms in total. The van der Waals surface area contributed by atoms with Gasteiger partial charge in [-0.25, -0.2) is 4.99 Å². The molecule has 2 heterocycles. The van der Waals surface area contributed by atoms with E-state index in [-0.39, 0.29) is 5.96 Å². The third-order valence-corrected chi connectivity index (χ3v) is 4.94. The SMILES string of the molecule is NC1=NC2(CCCCC2)N(c2ccc(-c3ccccn3)cc2)C(N)=N1. The molecule has 0 saturated heterocycles. The molecule has 128 valence electrons. The highest BCUT2D eigenvalue weighted by atomic mass is 15.4. The van der Waals surface area contributed by atoms with E-state index in [9.17, 15) is 0 Å². The molecule has 4 N–H and O–H groups in total. The summed E-state index contributed by atoms with van der Waals surface area (Å²) in [6.07, 6.45) is 7.13. The Morgan fingerprint density at radius 1 is 0.920 bits per heavy atom. The van der Waals surface area contributed by atoms with E-state index in [0.29, 0.717) is 5.96 Å². The van der Waals surface area contributed by atoms with E-state index >= 15 is 0 Å². The molecule has 1 saturated carbocycles. The standard InChI is InChI=1S/C19H22N6/c20-17-23-18(21)25(19(24-17)11-3-1-4-12-19)15-9-7-14(8-10-15)16-6-2-5-13-22-16/h2,5-10,13H,1,3-4,11-12H2,(H4,20,21,23,24). The molecule has 1 fully saturated rings. The van der Waals surface area contributed by atoms with Crippen LogP contribution in [0.15, 0.2) is 58.6 Å². The van der Waals surface area contributed by atoms with Crippen molar-refractivity contribution in [2.75, 3.05) is 4.90 Å². The van der Waals surface area contributed by atoms with Gasteiger partial charge in [0.05, 0.1) is 5.69 Å². The van der Waals surface area contributed by atoms with Gasteiger partial charge in [0.25, 0.3) is 0 Å². The van der Waals surface area contributed by atoms with Crippen molar-refractivity contribution < 1.29 is 0 Å². The summed E-state index contributed by atoms with van der Waals surface area (Å²) in [6.45, 7) is 0. The van der Waals surface area contributed by atoms with Crippen molar-refractivity contribution in [2.24, 2.45) is 21.5 Å². The van der Waals surface area contributed by atoms with Crippen molar-refractivity contribution in [3.05, 3.63) is 48.7 Å². The van der Waals surface area contributed by atoms with Crippen molar-refractivity contribution >= 4 is 17.6 Å². The molecule has 1 aliphatic carbocycles. The predicted molar refractivity (Wildman–Crippen MR) is 101 cm³/mol. The Morgan fingerprint density at radius 2 is 1.68 bits per heavy atom. The van der Waals surface area contributed by atoms with Crippen molar-refractivity contribution in [3.63, 3.8) is 0 Å². The zero-order valence-electron chi connectivity index (χ0n) is 14.1. The van der Waals surface area contributed by atoms with Crippen molar-refractivity contribution in [3.8, 4) is 11.3 Å². The van der Waals surface area contributed by atoms with E-state index in [0.717, 1.165) is 42.6 Å². The number of benzene rings is 1. The summed E-state index contributed by atoms with van der Waals surface area (Å²) in [6, 6.07) is 14.1. The van der Waals surface area contributed by atoms with Gasteiger partial charge in [0.15, 0.2) is 0 Å². The van der Waals surface area contributed by atoms with Gasteiger partial charge < -0.3 is 11.5 Å². The van der Waals surface area contributed by atoms with Crippen LogP contribution < -0.4 is 16.4 Å². The maximum absolute atomic E-state index is 6.26. The summed E-state index contributed by atoms with van der Waals surface area (Å²) in [4.78, 5) is 15.4. The van der Waals surface area contributed by atoms with Crippen LogP contribution in [0.2, 0.25) is 0 Å². The lowest BCUT2D eigenvalue weighted by Gasteiger charge is -2.45. The van der Waals surface area contributed by atoms with Gasteiger partial charge in [0, 0.05) is 17.4 Å². The average Bonchev–Trinajstić information content (AvgIpc) is 2.63. The first-order chi connectivity index (χ1) is 12.2. The molecule has 2 aromatic rings. The Balaban J connectivity index is 1.71. The molecule has 0 radical (unpaired) electrons. The van der Waals surface area contributed by atoms with Crippen LogP contribution in [0.3, 0.4) is 0 Å². The molecule has 6 heteroatoms. The van der Waals surface area contributed by atoms with Gasteiger partial charge in [0.1, 0.15) is 5.66 Å². The largest absolute Gasteiger partial charge is 0.369 e. The number of anilines is 1. The fourth-order valence-electron chi connectivity index (χ4n) is 3.81. The molecule has 2 aliphatic rings. The summed E-state index contributed by atoms with van der Waals surface area (Å²) >= 11 is 0. The quantitative estimate of drug-likeness (QED) is 0.883. The molecular weight excluding hydrogens is 312 g/mol. The molecule has 0 bridgehead atoms. The molecule has 1 aromatic carbocycles. The maximum atomic E-state index is 6.26. The Morgan fingerprint density at radius 3 is 2.36 bits per heavy atom. The van der Waals surface area contributed by atoms with Gasteiger partial charge >= 0.3 is 0 Å². The topological polar surface area (TPSA) is 92.9 Å². The highest BCUT2D eigenvalue weighted by Gasteiger charge is 2.42. The highest BCUT2D eigenvalue weighted by molar-refractivity contribution is 6.05. The molecule has 25 heavy (non-hydrogen) atoms. The van der Waals surface area contributed by atoms with Crippen LogP contribution in [0, 0.1) is 0 Å². The Hall–Kier alpha value is -2.89. The van der Waals surface area contributed by atoms with Crippen LogP contribution in [0.5, 0.6) is 0 Å². The first kappa shape index (κ1) is 15.6. The van der Waals surface area contributed by atoms with Crippen LogP contribution >= 0.6 is 0 Å². The summed E-state index contributed by atoms with van der Waals surface area (Å²) in [5.41, 5.74) is 14.8. The third kappa shape index (κ3) is 2.84. The summed E-state index contributed by atoms with van der Waals surface area (Å²) in [5.74, 6) is 0.695. The van der Waals surface area contributed by atoms with Gasteiger partial charge in [-0.1, -0.05) is 24.6 Å². The molecule has 1 aliphatic heterocycles. The van der Waals surface area contributed by atoms with E-state index in [1.54, 1.807) is 6.20 Å². The maximum Gasteiger partial charge on any atom is 0.220 e. The Labute approximate surface area is 147 Å². The van der Waals surface area contributed by atoms with E-state index in [4.69, 9.17) is 16.5 Å². The van der Waals surface area contributed by atoms with Crippen LogP contribution in [0.25, 0.3) is 11.3 Å². The van der Waals surface area contributed by atoms with E-state index in [1.807, 2.05) is 23.1 Å². The Kier molecular flexibility index (Phi) is 3.87. The number of pyridine rings is 1. The van der Waals surface area contributed by atoms with Gasteiger partial charge in [-0.05, 0) is 49.9 Å². The van der Waals surface area contributed by atoms with Crippen LogP contribution in [-0.4, -0.2) is 22.6 Å². The monoisotopic (exact) mass is 334 g/mol. The number of guanidine groups is 2.